The van der Waals surface area contributed by atoms with E-state index in [1.807, 2.05) is 42.4 Å². The van der Waals surface area contributed by atoms with Crippen molar-refractivity contribution in [3.05, 3.63) is 97.6 Å². The van der Waals surface area contributed by atoms with Crippen LogP contribution in [0.5, 0.6) is 0 Å². The number of benzene rings is 2. The number of rotatable bonds is 7. The number of hydrogen-bond acceptors (Lipinski definition) is 9. The summed E-state index contributed by atoms with van der Waals surface area (Å²) in [6, 6.07) is 12.8. The fraction of sp³-hybridized carbons (Fsp3) is 0.179. The molecule has 2 aromatic carbocycles. The van der Waals surface area contributed by atoms with Gasteiger partial charge in [-0.2, -0.15) is 5.26 Å². The quantitative estimate of drug-likeness (QED) is 0.163. The SMILES string of the molecule is Cc1ccc(Nc2c(C#N)cnc3c(Cl)cc(N[C@H](C4=CN(C5COC5)NN4)c4cnc(Cl)cc4Cl)cc23)cc1Cl. The lowest BCUT2D eigenvalue weighted by atomic mass is 10.0. The smallest absolute Gasteiger partial charge is 0.130 e. The van der Waals surface area contributed by atoms with E-state index in [0.717, 1.165) is 16.9 Å². The number of anilines is 3. The highest BCUT2D eigenvalue weighted by molar-refractivity contribution is 6.36. The lowest BCUT2D eigenvalue weighted by Crippen LogP contribution is -2.52. The van der Waals surface area contributed by atoms with Crippen molar-refractivity contribution >= 4 is 74.4 Å². The van der Waals surface area contributed by atoms with E-state index in [4.69, 9.17) is 51.1 Å². The molecule has 13 heteroatoms. The number of halogens is 4. The molecule has 0 radical (unpaired) electrons. The summed E-state index contributed by atoms with van der Waals surface area (Å²) in [6.07, 6.45) is 5.09. The number of fused-ring (bicyclic) bond motifs is 1. The monoisotopic (exact) mass is 626 g/mol. The van der Waals surface area contributed by atoms with Crippen LogP contribution < -0.4 is 21.6 Å². The Bertz CT molecular complexity index is 1740. The van der Waals surface area contributed by atoms with Gasteiger partial charge in [-0.25, -0.2) is 4.98 Å². The standard InChI is InChI=1S/C28H22Cl4N8O/c1-14-2-3-16(5-21(14)29)36-26-15(8-33)9-35-27-19(26)4-17(6-23(27)31)37-28(20-10-34-25(32)7-22(20)30)24-11-40(39-38-24)18-12-41-13-18/h2-7,9-11,18,28,37-39H,12-13H2,1H3,(H,35,36)/t28-/m0/s1. The first kappa shape index (κ1) is 27.7. The molecule has 1 fully saturated rings. The summed E-state index contributed by atoms with van der Waals surface area (Å²) in [5.41, 5.74) is 11.6. The van der Waals surface area contributed by atoms with Gasteiger partial charge in [0.2, 0.25) is 0 Å². The third kappa shape index (κ3) is 5.55. The van der Waals surface area contributed by atoms with E-state index in [2.05, 4.69) is 37.6 Å². The minimum atomic E-state index is -0.473. The van der Waals surface area contributed by atoms with E-state index in [1.54, 1.807) is 18.3 Å². The maximum Gasteiger partial charge on any atom is 0.130 e. The second-order valence-electron chi connectivity index (χ2n) is 9.63. The molecule has 0 unspecified atom stereocenters. The van der Waals surface area contributed by atoms with Crippen LogP contribution in [0.3, 0.4) is 0 Å². The van der Waals surface area contributed by atoms with Crippen molar-refractivity contribution in [2.75, 3.05) is 23.8 Å². The molecule has 2 aliphatic rings. The third-order valence-corrected chi connectivity index (χ3v) is 8.12. The maximum atomic E-state index is 9.91. The molecular formula is C28H22Cl4N8O. The lowest BCUT2D eigenvalue weighted by molar-refractivity contribution is -0.0635. The summed E-state index contributed by atoms with van der Waals surface area (Å²) in [4.78, 5) is 8.72. The number of hydrogen-bond donors (Lipinski definition) is 4. The van der Waals surface area contributed by atoms with Gasteiger partial charge in [0.05, 0.1) is 57.8 Å². The van der Waals surface area contributed by atoms with E-state index < -0.39 is 6.04 Å². The van der Waals surface area contributed by atoms with Gasteiger partial charge in [-0.1, -0.05) is 52.5 Å². The number of aromatic nitrogens is 2. The van der Waals surface area contributed by atoms with Gasteiger partial charge >= 0.3 is 0 Å². The molecule has 1 atom stereocenters. The van der Waals surface area contributed by atoms with E-state index >= 15 is 0 Å². The number of nitrogens with zero attached hydrogens (tertiary/aromatic N) is 4. The highest BCUT2D eigenvalue weighted by Crippen LogP contribution is 2.38. The Kier molecular flexibility index (Phi) is 7.70. The lowest BCUT2D eigenvalue weighted by Gasteiger charge is -2.33. The molecule has 0 bridgehead atoms. The second-order valence-corrected chi connectivity index (χ2v) is 11.2. The van der Waals surface area contributed by atoms with Crippen LogP contribution in [0.1, 0.15) is 22.7 Å². The minimum absolute atomic E-state index is 0.203. The summed E-state index contributed by atoms with van der Waals surface area (Å²) in [7, 11) is 0. The van der Waals surface area contributed by atoms with Gasteiger partial charge in [-0.3, -0.25) is 9.99 Å². The van der Waals surface area contributed by atoms with Crippen LogP contribution in [0.4, 0.5) is 17.1 Å². The highest BCUT2D eigenvalue weighted by atomic mass is 35.5. The summed E-state index contributed by atoms with van der Waals surface area (Å²) in [5, 5.41) is 21.1. The Balaban J connectivity index is 1.43. The summed E-state index contributed by atoms with van der Waals surface area (Å²) >= 11 is 25.9. The predicted molar refractivity (Wildman–Crippen MR) is 162 cm³/mol. The molecule has 4 aromatic rings. The van der Waals surface area contributed by atoms with Crippen molar-refractivity contribution in [1.82, 2.24) is 25.9 Å². The van der Waals surface area contributed by atoms with Gasteiger partial charge in [0.15, 0.2) is 0 Å². The number of pyridine rings is 2. The van der Waals surface area contributed by atoms with Gasteiger partial charge in [0.25, 0.3) is 0 Å². The zero-order chi connectivity index (χ0) is 28.7. The van der Waals surface area contributed by atoms with Crippen molar-refractivity contribution in [3.63, 3.8) is 0 Å². The number of hydrazine groups is 2. The Labute approximate surface area is 256 Å². The zero-order valence-corrected chi connectivity index (χ0v) is 24.5. The molecule has 2 aliphatic heterocycles. The Hall–Kier alpha value is -3.49. The van der Waals surface area contributed by atoms with Gasteiger partial charge in [0, 0.05) is 45.9 Å². The van der Waals surface area contributed by atoms with Crippen LogP contribution >= 0.6 is 46.4 Å². The summed E-state index contributed by atoms with van der Waals surface area (Å²) in [6.45, 7) is 3.17. The molecule has 41 heavy (non-hydrogen) atoms. The average molecular weight is 628 g/mol. The van der Waals surface area contributed by atoms with Crippen LogP contribution in [0.25, 0.3) is 10.9 Å². The molecule has 9 nitrogen and oxygen atoms in total. The minimum Gasteiger partial charge on any atom is -0.377 e. The molecule has 2 aromatic heterocycles. The van der Waals surface area contributed by atoms with Crippen LogP contribution in [0.2, 0.25) is 20.2 Å². The molecule has 0 aliphatic carbocycles. The van der Waals surface area contributed by atoms with Crippen LogP contribution in [0, 0.1) is 18.3 Å². The number of nitriles is 1. The fourth-order valence-electron chi connectivity index (χ4n) is 4.57. The molecule has 0 amide bonds. The van der Waals surface area contributed by atoms with Crippen molar-refractivity contribution < 1.29 is 4.74 Å². The van der Waals surface area contributed by atoms with Gasteiger partial charge in [0.1, 0.15) is 11.2 Å². The normalized spacial score (nSPS) is 15.6. The average Bonchev–Trinajstić information content (AvgIpc) is 3.38. The first-order chi connectivity index (χ1) is 19.8. The Morgan fingerprint density at radius 1 is 1.02 bits per heavy atom. The number of aryl methyl sites for hydroxylation is 1. The summed E-state index contributed by atoms with van der Waals surface area (Å²) < 4.78 is 5.34. The zero-order valence-electron chi connectivity index (χ0n) is 21.5. The molecule has 1 saturated heterocycles. The van der Waals surface area contributed by atoms with Gasteiger partial charge in [-0.15, -0.1) is 5.53 Å². The Morgan fingerprint density at radius 3 is 2.54 bits per heavy atom. The molecular weight excluding hydrogens is 606 g/mol. The molecule has 4 heterocycles. The second kappa shape index (κ2) is 11.4. The van der Waals surface area contributed by atoms with Crippen molar-refractivity contribution in [1.29, 1.82) is 5.26 Å². The predicted octanol–water partition coefficient (Wildman–Crippen LogP) is 6.89. The summed E-state index contributed by atoms with van der Waals surface area (Å²) in [5.74, 6) is 0. The van der Waals surface area contributed by atoms with Crippen LogP contribution in [0.15, 0.2) is 60.7 Å². The van der Waals surface area contributed by atoms with E-state index in [1.165, 1.54) is 6.20 Å². The maximum absolute atomic E-state index is 9.91. The van der Waals surface area contributed by atoms with Crippen molar-refractivity contribution in [2.45, 2.75) is 19.0 Å². The highest BCUT2D eigenvalue weighted by Gasteiger charge is 2.31. The molecule has 0 spiro atoms. The topological polar surface area (TPSA) is 110 Å². The molecule has 6 rings (SSSR count). The number of nitrogens with one attached hydrogen (secondary N) is 4. The van der Waals surface area contributed by atoms with E-state index in [0.29, 0.717) is 61.7 Å². The van der Waals surface area contributed by atoms with Crippen LogP contribution in [-0.4, -0.2) is 34.2 Å². The van der Waals surface area contributed by atoms with E-state index in [-0.39, 0.29) is 11.2 Å². The molecule has 208 valence electrons. The van der Waals surface area contributed by atoms with Crippen LogP contribution in [-0.2, 0) is 4.74 Å². The molecule has 0 saturated carbocycles. The first-order valence-electron chi connectivity index (χ1n) is 12.5. The molecule has 4 N–H and O–H groups in total. The van der Waals surface area contributed by atoms with Crippen molar-refractivity contribution in [2.24, 2.45) is 0 Å². The Morgan fingerprint density at radius 2 is 1.83 bits per heavy atom. The third-order valence-electron chi connectivity index (χ3n) is 6.89. The van der Waals surface area contributed by atoms with Gasteiger partial charge < -0.3 is 20.8 Å². The number of ether oxygens (including phenoxy) is 1. The fourth-order valence-corrected chi connectivity index (χ4v) is 5.49. The first-order valence-corrected chi connectivity index (χ1v) is 14.0. The van der Waals surface area contributed by atoms with E-state index in [9.17, 15) is 5.26 Å². The van der Waals surface area contributed by atoms with Gasteiger partial charge in [-0.05, 0) is 42.8 Å². The van der Waals surface area contributed by atoms with Crippen molar-refractivity contribution in [3.8, 4) is 6.07 Å². The largest absolute Gasteiger partial charge is 0.377 e.